The molecule has 0 saturated heterocycles. The fraction of sp³-hybridized carbons (Fsp3) is 0.333. The highest BCUT2D eigenvalue weighted by Gasteiger charge is 2.11. The quantitative estimate of drug-likeness (QED) is 0.192. The zero-order valence-corrected chi connectivity index (χ0v) is 22.6. The minimum atomic E-state index is -0.0249. The van der Waals surface area contributed by atoms with Crippen molar-refractivity contribution in [1.82, 2.24) is 14.9 Å². The van der Waals surface area contributed by atoms with Gasteiger partial charge in [0.05, 0.1) is 17.6 Å². The predicted molar refractivity (Wildman–Crippen MR) is 150 cm³/mol. The number of nitrogens with zero attached hydrogens (tertiary/aromatic N) is 2. The first-order chi connectivity index (χ1) is 17.5. The van der Waals surface area contributed by atoms with Gasteiger partial charge in [0.1, 0.15) is 18.2 Å². The summed E-state index contributed by atoms with van der Waals surface area (Å²) >= 11 is 3.40. The Morgan fingerprint density at radius 1 is 0.972 bits per heavy atom. The largest absolute Gasteiger partial charge is 0.492 e. The smallest absolute Gasteiger partial charge is 0.251 e. The number of fused-ring (bicyclic) bond motifs is 1. The van der Waals surface area contributed by atoms with Gasteiger partial charge < -0.3 is 14.6 Å². The van der Waals surface area contributed by atoms with E-state index in [2.05, 4.69) is 82.1 Å². The number of amides is 1. The number of hydrogen-bond donors (Lipinski definition) is 1. The molecule has 1 aromatic heterocycles. The average Bonchev–Trinajstić information content (AvgIpc) is 3.24. The first-order valence-electron chi connectivity index (χ1n) is 12.7. The van der Waals surface area contributed by atoms with Gasteiger partial charge in [0.2, 0.25) is 0 Å². The van der Waals surface area contributed by atoms with Gasteiger partial charge in [-0.1, -0.05) is 60.5 Å². The highest BCUT2D eigenvalue weighted by atomic mass is 79.9. The molecule has 6 heteroatoms. The molecule has 1 heterocycles. The molecular weight excluding hydrogens is 514 g/mol. The molecule has 0 aliphatic rings. The topological polar surface area (TPSA) is 56.1 Å². The third-order valence-corrected chi connectivity index (χ3v) is 6.86. The standard InChI is InChI=1S/C30H34BrN3O2/c1-22(2)23-13-17-26(18-14-23)36-21-20-34-28-9-6-5-8-27(28)33-29(34)10-4-3-7-19-32-30(35)24-11-15-25(31)16-12-24/h5-6,8-9,11-18,22H,3-4,7,10,19-21H2,1-2H3,(H,32,35). The maximum atomic E-state index is 12.3. The van der Waals surface area contributed by atoms with Crippen molar-refractivity contribution in [2.24, 2.45) is 0 Å². The number of para-hydroxylation sites is 2. The van der Waals surface area contributed by atoms with E-state index in [1.54, 1.807) is 0 Å². The van der Waals surface area contributed by atoms with Crippen LogP contribution in [0.4, 0.5) is 0 Å². The molecule has 0 saturated carbocycles. The van der Waals surface area contributed by atoms with E-state index in [1.165, 1.54) is 5.56 Å². The Morgan fingerprint density at radius 3 is 2.47 bits per heavy atom. The molecule has 0 bridgehead atoms. The lowest BCUT2D eigenvalue weighted by atomic mass is 10.0. The van der Waals surface area contributed by atoms with Crippen LogP contribution in [0.25, 0.3) is 11.0 Å². The summed E-state index contributed by atoms with van der Waals surface area (Å²) in [5.41, 5.74) is 4.17. The summed E-state index contributed by atoms with van der Waals surface area (Å²) in [6, 6.07) is 24.1. The van der Waals surface area contributed by atoms with E-state index in [0.29, 0.717) is 24.6 Å². The van der Waals surface area contributed by atoms with E-state index in [-0.39, 0.29) is 5.91 Å². The van der Waals surface area contributed by atoms with Crippen molar-refractivity contribution < 1.29 is 9.53 Å². The number of benzene rings is 3. The van der Waals surface area contributed by atoms with Crippen molar-refractivity contribution in [2.45, 2.75) is 52.0 Å². The van der Waals surface area contributed by atoms with Crippen LogP contribution in [0.5, 0.6) is 5.75 Å². The molecule has 0 aliphatic carbocycles. The maximum Gasteiger partial charge on any atom is 0.251 e. The average molecular weight is 549 g/mol. The molecule has 4 aromatic rings. The fourth-order valence-corrected chi connectivity index (χ4v) is 4.52. The number of aromatic nitrogens is 2. The van der Waals surface area contributed by atoms with Crippen LogP contribution >= 0.6 is 15.9 Å². The molecule has 188 valence electrons. The predicted octanol–water partition coefficient (Wildman–Crippen LogP) is 7.14. The van der Waals surface area contributed by atoms with Crippen molar-refractivity contribution in [3.8, 4) is 5.75 Å². The van der Waals surface area contributed by atoms with Crippen LogP contribution in [-0.2, 0) is 13.0 Å². The molecule has 3 aromatic carbocycles. The Bertz CT molecular complexity index is 1260. The molecule has 0 radical (unpaired) electrons. The number of rotatable bonds is 12. The van der Waals surface area contributed by atoms with E-state index in [0.717, 1.165) is 59.3 Å². The van der Waals surface area contributed by atoms with Gasteiger partial charge in [0, 0.05) is 23.0 Å². The first kappa shape index (κ1) is 26.0. The van der Waals surface area contributed by atoms with Crippen molar-refractivity contribution >= 4 is 32.9 Å². The number of carbonyl (C=O) groups excluding carboxylic acids is 1. The number of imidazole rings is 1. The molecule has 0 spiro atoms. The highest BCUT2D eigenvalue weighted by molar-refractivity contribution is 9.10. The lowest BCUT2D eigenvalue weighted by Gasteiger charge is -2.12. The van der Waals surface area contributed by atoms with Crippen molar-refractivity contribution in [3.05, 3.63) is 94.2 Å². The molecule has 1 amide bonds. The van der Waals surface area contributed by atoms with E-state index in [9.17, 15) is 4.79 Å². The second-order valence-electron chi connectivity index (χ2n) is 9.31. The molecule has 0 atom stereocenters. The molecule has 36 heavy (non-hydrogen) atoms. The molecule has 0 fully saturated rings. The minimum Gasteiger partial charge on any atom is -0.492 e. The second-order valence-corrected chi connectivity index (χ2v) is 10.2. The molecular formula is C30H34BrN3O2. The van der Waals surface area contributed by atoms with Crippen LogP contribution in [0.2, 0.25) is 0 Å². The third-order valence-electron chi connectivity index (χ3n) is 6.33. The molecule has 0 unspecified atom stereocenters. The summed E-state index contributed by atoms with van der Waals surface area (Å²) in [7, 11) is 0. The minimum absolute atomic E-state index is 0.0249. The van der Waals surface area contributed by atoms with Crippen molar-refractivity contribution in [3.63, 3.8) is 0 Å². The Morgan fingerprint density at radius 2 is 1.72 bits per heavy atom. The lowest BCUT2D eigenvalue weighted by molar-refractivity contribution is 0.0953. The zero-order chi connectivity index (χ0) is 25.3. The second kappa shape index (κ2) is 12.7. The van der Waals surface area contributed by atoms with Gasteiger partial charge in [-0.15, -0.1) is 0 Å². The number of aryl methyl sites for hydroxylation is 1. The number of unbranched alkanes of at least 4 members (excludes halogenated alkanes) is 2. The van der Waals surface area contributed by atoms with Gasteiger partial charge in [-0.3, -0.25) is 4.79 Å². The van der Waals surface area contributed by atoms with Gasteiger partial charge in [-0.25, -0.2) is 4.98 Å². The van der Waals surface area contributed by atoms with Crippen molar-refractivity contribution in [1.29, 1.82) is 0 Å². The number of carbonyl (C=O) groups is 1. The van der Waals surface area contributed by atoms with E-state index in [4.69, 9.17) is 9.72 Å². The summed E-state index contributed by atoms with van der Waals surface area (Å²) in [6.07, 6.45) is 3.90. The van der Waals surface area contributed by atoms with E-state index < -0.39 is 0 Å². The normalized spacial score (nSPS) is 11.2. The van der Waals surface area contributed by atoms with Crippen LogP contribution in [0, 0.1) is 0 Å². The maximum absolute atomic E-state index is 12.3. The number of halogens is 1. The number of ether oxygens (including phenoxy) is 1. The summed E-state index contributed by atoms with van der Waals surface area (Å²) in [5.74, 6) is 2.48. The first-order valence-corrected chi connectivity index (χ1v) is 13.5. The van der Waals surface area contributed by atoms with Gasteiger partial charge in [-0.2, -0.15) is 0 Å². The van der Waals surface area contributed by atoms with Gasteiger partial charge >= 0.3 is 0 Å². The third kappa shape index (κ3) is 6.97. The van der Waals surface area contributed by atoms with Gasteiger partial charge in [-0.05, 0) is 72.9 Å². The Labute approximate surface area is 222 Å². The monoisotopic (exact) mass is 547 g/mol. The fourth-order valence-electron chi connectivity index (χ4n) is 4.26. The number of nitrogens with one attached hydrogen (secondary N) is 1. The van der Waals surface area contributed by atoms with Crippen LogP contribution in [0.3, 0.4) is 0 Å². The molecule has 1 N–H and O–H groups in total. The van der Waals surface area contributed by atoms with Crippen LogP contribution in [0.15, 0.2) is 77.3 Å². The Kier molecular flexibility index (Phi) is 9.17. The molecule has 4 rings (SSSR count). The summed E-state index contributed by atoms with van der Waals surface area (Å²) in [5, 5.41) is 3.01. The molecule has 5 nitrogen and oxygen atoms in total. The van der Waals surface area contributed by atoms with Gasteiger partial charge in [0.15, 0.2) is 0 Å². The molecule has 0 aliphatic heterocycles. The summed E-state index contributed by atoms with van der Waals surface area (Å²) in [6.45, 7) is 6.42. The lowest BCUT2D eigenvalue weighted by Crippen LogP contribution is -2.24. The van der Waals surface area contributed by atoms with E-state index >= 15 is 0 Å². The highest BCUT2D eigenvalue weighted by Crippen LogP contribution is 2.20. The Hall–Kier alpha value is -3.12. The Balaban J connectivity index is 1.26. The summed E-state index contributed by atoms with van der Waals surface area (Å²) < 4.78 is 9.30. The zero-order valence-electron chi connectivity index (χ0n) is 21.0. The van der Waals surface area contributed by atoms with Gasteiger partial charge in [0.25, 0.3) is 5.91 Å². The summed E-state index contributed by atoms with van der Waals surface area (Å²) in [4.78, 5) is 17.1. The van der Waals surface area contributed by atoms with Crippen LogP contribution in [0.1, 0.15) is 60.8 Å². The van der Waals surface area contributed by atoms with Crippen LogP contribution in [-0.4, -0.2) is 28.6 Å². The SMILES string of the molecule is CC(C)c1ccc(OCCn2c(CCCCCNC(=O)c3ccc(Br)cc3)nc3ccccc32)cc1. The van der Waals surface area contributed by atoms with Crippen molar-refractivity contribution in [2.75, 3.05) is 13.2 Å². The van der Waals surface area contributed by atoms with E-state index in [1.807, 2.05) is 30.3 Å². The van der Waals surface area contributed by atoms with Crippen LogP contribution < -0.4 is 10.1 Å². The number of hydrogen-bond acceptors (Lipinski definition) is 3.